The van der Waals surface area contributed by atoms with E-state index in [0.717, 1.165) is 30.9 Å². The summed E-state index contributed by atoms with van der Waals surface area (Å²) >= 11 is 0. The average molecular weight is 382 g/mol. The van der Waals surface area contributed by atoms with Gasteiger partial charge in [-0.3, -0.25) is 0 Å². The first-order chi connectivity index (χ1) is 12.7. The summed E-state index contributed by atoms with van der Waals surface area (Å²) in [5.74, 6) is -0.762. The summed E-state index contributed by atoms with van der Waals surface area (Å²) in [6.45, 7) is 2.26. The molecule has 0 saturated heterocycles. The van der Waals surface area contributed by atoms with E-state index >= 15 is 0 Å². The summed E-state index contributed by atoms with van der Waals surface area (Å²) in [5, 5.41) is 0. The van der Waals surface area contributed by atoms with Crippen molar-refractivity contribution in [1.29, 1.82) is 0 Å². The van der Waals surface area contributed by atoms with E-state index < -0.39 is 23.4 Å². The molecule has 1 fully saturated rings. The molecule has 0 N–H and O–H groups in total. The maximum Gasteiger partial charge on any atom is 0.409 e. The number of hydrogen-bond donors (Lipinski definition) is 0. The molecule has 2 aromatic carbocycles. The van der Waals surface area contributed by atoms with E-state index in [1.54, 1.807) is 0 Å². The van der Waals surface area contributed by atoms with Crippen molar-refractivity contribution in [1.82, 2.24) is 0 Å². The van der Waals surface area contributed by atoms with E-state index in [2.05, 4.69) is 6.92 Å². The van der Waals surface area contributed by atoms with Gasteiger partial charge in [-0.1, -0.05) is 44.0 Å². The highest BCUT2D eigenvalue weighted by molar-refractivity contribution is 5.67. The lowest BCUT2D eigenvalue weighted by Crippen LogP contribution is -2.10. The fraction of sp³-hybridized carbons (Fsp3) is 0.364. The van der Waals surface area contributed by atoms with E-state index in [4.69, 9.17) is 0 Å². The lowest BCUT2D eigenvalue weighted by molar-refractivity contribution is -0.0790. The third-order valence-corrected chi connectivity index (χ3v) is 5.25. The fourth-order valence-corrected chi connectivity index (χ4v) is 3.63. The van der Waals surface area contributed by atoms with Gasteiger partial charge in [0.2, 0.25) is 0 Å². The molecule has 5 heteroatoms. The molecule has 1 aliphatic rings. The summed E-state index contributed by atoms with van der Waals surface area (Å²) < 4.78 is 64.9. The molecule has 0 atom stereocenters. The van der Waals surface area contributed by atoms with Crippen molar-refractivity contribution in [2.45, 2.75) is 44.7 Å². The third-order valence-electron chi connectivity index (χ3n) is 5.25. The molecule has 146 valence electrons. The Bertz CT molecular complexity index is 793. The van der Waals surface area contributed by atoms with Crippen molar-refractivity contribution in [3.8, 4) is 11.1 Å². The molecule has 1 aliphatic carbocycles. The first kappa shape index (κ1) is 19.6. The van der Waals surface area contributed by atoms with Crippen molar-refractivity contribution in [2.75, 3.05) is 0 Å². The number of halogens is 5. The van der Waals surface area contributed by atoms with Gasteiger partial charge in [-0.05, 0) is 59.6 Å². The van der Waals surface area contributed by atoms with Crippen molar-refractivity contribution in [3.05, 3.63) is 65.2 Å². The van der Waals surface area contributed by atoms with Gasteiger partial charge in [-0.15, -0.1) is 0 Å². The smallest absolute Gasteiger partial charge is 0.206 e. The Balaban J connectivity index is 0.00000280. The highest BCUT2D eigenvalue weighted by Crippen LogP contribution is 2.36. The Morgan fingerprint density at radius 2 is 1.44 bits per heavy atom. The molecular weight excluding hydrogens is 359 g/mol. The van der Waals surface area contributed by atoms with Crippen LogP contribution in [0.5, 0.6) is 0 Å². The highest BCUT2D eigenvalue weighted by Gasteiger charge is 2.23. The summed E-state index contributed by atoms with van der Waals surface area (Å²) in [6, 6.07) is 9.71. The number of alkyl halides is 3. The number of rotatable bonds is 3. The molecule has 27 heavy (non-hydrogen) atoms. The van der Waals surface area contributed by atoms with E-state index in [-0.39, 0.29) is 7.50 Å². The number of allylic oxidation sites excluding steroid dienone is 1. The molecule has 3 rings (SSSR count). The molecule has 2 aromatic rings. The lowest BCUT2D eigenvalue weighted by Gasteiger charge is -2.26. The second-order valence-corrected chi connectivity index (χ2v) is 7.31. The maximum atomic E-state index is 14.1. The van der Waals surface area contributed by atoms with Gasteiger partial charge in [0, 0.05) is 13.1 Å². The molecule has 0 nitrogen and oxygen atoms in total. The molecular formula is C22H23F5. The molecule has 0 amide bonds. The zero-order valence-corrected chi connectivity index (χ0v) is 15.0. The predicted molar refractivity (Wildman–Crippen MR) is 99.4 cm³/mol. The van der Waals surface area contributed by atoms with Crippen molar-refractivity contribution >= 4 is 6.08 Å². The van der Waals surface area contributed by atoms with E-state index in [1.807, 2.05) is 24.3 Å². The van der Waals surface area contributed by atoms with Crippen LogP contribution in [0.1, 0.15) is 51.1 Å². The molecule has 1 saturated carbocycles. The molecule has 0 bridgehead atoms. The Morgan fingerprint density at radius 1 is 0.889 bits per heavy atom. The van der Waals surface area contributed by atoms with Gasteiger partial charge in [0.05, 0.1) is 0 Å². The Kier molecular flexibility index (Phi) is 5.68. The Hall–Kier alpha value is -2.17. The second-order valence-electron chi connectivity index (χ2n) is 7.31. The van der Waals surface area contributed by atoms with Crippen LogP contribution in [0.2, 0.25) is 0 Å². The van der Waals surface area contributed by atoms with Crippen molar-refractivity contribution in [2.24, 2.45) is 5.92 Å². The Labute approximate surface area is 157 Å². The zero-order chi connectivity index (χ0) is 19.6. The highest BCUT2D eigenvalue weighted by atomic mass is 19.4. The van der Waals surface area contributed by atoms with Gasteiger partial charge in [0.25, 0.3) is 0 Å². The quantitative estimate of drug-likeness (QED) is 0.476. The summed E-state index contributed by atoms with van der Waals surface area (Å²) in [4.78, 5) is 0. The third kappa shape index (κ3) is 4.96. The Morgan fingerprint density at radius 3 is 1.96 bits per heavy atom. The number of hydrogen-bond acceptors (Lipinski definition) is 0. The minimum Gasteiger partial charge on any atom is -0.206 e. The SMILES string of the molecule is CC1CCC(c2ccc(-c3cc(F)c(/C=C/C(F)(F)F)c(F)c3)cc2)CC1.[HH]. The van der Waals surface area contributed by atoms with Gasteiger partial charge in [0.1, 0.15) is 11.6 Å². The summed E-state index contributed by atoms with van der Waals surface area (Å²) in [7, 11) is 0. The van der Waals surface area contributed by atoms with Crippen LogP contribution in [0.3, 0.4) is 0 Å². The minimum atomic E-state index is -4.62. The van der Waals surface area contributed by atoms with E-state index in [1.165, 1.54) is 18.4 Å². The van der Waals surface area contributed by atoms with Crippen LogP contribution in [0.25, 0.3) is 17.2 Å². The first-order valence-corrected chi connectivity index (χ1v) is 9.08. The minimum absolute atomic E-state index is 0. The van der Waals surface area contributed by atoms with E-state index in [0.29, 0.717) is 23.1 Å². The van der Waals surface area contributed by atoms with Gasteiger partial charge in [-0.25, -0.2) is 8.78 Å². The molecule has 0 aromatic heterocycles. The molecule has 0 aliphatic heterocycles. The van der Waals surface area contributed by atoms with Gasteiger partial charge in [0.15, 0.2) is 0 Å². The molecule has 0 heterocycles. The largest absolute Gasteiger partial charge is 0.409 e. The van der Waals surface area contributed by atoms with Crippen LogP contribution < -0.4 is 0 Å². The second kappa shape index (κ2) is 7.83. The predicted octanol–water partition coefficient (Wildman–Crippen LogP) is 7.75. The zero-order valence-electron chi connectivity index (χ0n) is 15.0. The molecule has 0 unspecified atom stereocenters. The topological polar surface area (TPSA) is 0 Å². The van der Waals surface area contributed by atoms with Gasteiger partial charge >= 0.3 is 6.18 Å². The summed E-state index contributed by atoms with van der Waals surface area (Å²) in [5.41, 5.74) is 1.46. The lowest BCUT2D eigenvalue weighted by atomic mass is 9.79. The average Bonchev–Trinajstić information content (AvgIpc) is 2.61. The van der Waals surface area contributed by atoms with Crippen LogP contribution in [-0.4, -0.2) is 6.18 Å². The number of benzene rings is 2. The monoisotopic (exact) mass is 382 g/mol. The van der Waals surface area contributed by atoms with Crippen molar-refractivity contribution in [3.63, 3.8) is 0 Å². The fourth-order valence-electron chi connectivity index (χ4n) is 3.63. The van der Waals surface area contributed by atoms with Gasteiger partial charge in [-0.2, -0.15) is 13.2 Å². The normalized spacial score (nSPS) is 21.0. The summed E-state index contributed by atoms with van der Waals surface area (Å²) in [6.07, 6.45) is 0.319. The van der Waals surface area contributed by atoms with Crippen molar-refractivity contribution < 1.29 is 23.4 Å². The standard InChI is InChI=1S/C22H21F5.H2/c1-14-2-4-15(5-3-14)16-6-8-17(9-7-16)18-12-20(23)19(21(24)13-18)10-11-22(25,26)27;/h6-15H,2-5H2,1H3;1H/b11-10+;. The maximum absolute atomic E-state index is 14.1. The van der Waals surface area contributed by atoms with Crippen LogP contribution in [-0.2, 0) is 0 Å². The van der Waals surface area contributed by atoms with Crippen LogP contribution in [0, 0.1) is 17.6 Å². The molecule has 0 spiro atoms. The van der Waals surface area contributed by atoms with Crippen LogP contribution in [0.15, 0.2) is 42.5 Å². The first-order valence-electron chi connectivity index (χ1n) is 9.08. The van der Waals surface area contributed by atoms with E-state index in [9.17, 15) is 22.0 Å². The van der Waals surface area contributed by atoms with Gasteiger partial charge < -0.3 is 0 Å². The van der Waals surface area contributed by atoms with Crippen LogP contribution in [0.4, 0.5) is 22.0 Å². The molecule has 0 radical (unpaired) electrons. The van der Waals surface area contributed by atoms with Crippen LogP contribution >= 0.6 is 0 Å².